The molecule has 1 saturated heterocycles. The van der Waals surface area contributed by atoms with Crippen LogP contribution in [0.3, 0.4) is 0 Å². The fraction of sp³-hybridized carbons (Fsp3) is 0.842. The van der Waals surface area contributed by atoms with E-state index < -0.39 is 11.5 Å². The van der Waals surface area contributed by atoms with E-state index in [1.165, 1.54) is 0 Å². The standard InChI is InChI=1S/C19H35N3O4/c1-18(2,3)16(20)13(12-23)10-21-17(25)14-8-7-9-22(14)11-15(24)26-19(4,5)6/h13-14,20,23H,7-12H2,1-6H3,(H,21,25)/t13?,14-/m0/s1. The van der Waals surface area contributed by atoms with E-state index in [1.807, 2.05) is 46.4 Å². The van der Waals surface area contributed by atoms with Gasteiger partial charge in [0.2, 0.25) is 5.91 Å². The minimum absolute atomic E-state index is 0.0938. The number of esters is 1. The summed E-state index contributed by atoms with van der Waals surface area (Å²) in [6, 6.07) is -0.370. The zero-order valence-corrected chi connectivity index (χ0v) is 17.0. The van der Waals surface area contributed by atoms with Gasteiger partial charge in [-0.3, -0.25) is 14.5 Å². The molecule has 1 aliphatic rings. The average molecular weight is 370 g/mol. The normalized spacial score (nSPS) is 19.9. The number of aliphatic hydroxyl groups is 1. The van der Waals surface area contributed by atoms with E-state index in [9.17, 15) is 14.7 Å². The first-order valence-electron chi connectivity index (χ1n) is 9.28. The lowest BCUT2D eigenvalue weighted by atomic mass is 9.82. The molecule has 2 atom stereocenters. The smallest absolute Gasteiger partial charge is 0.320 e. The zero-order chi connectivity index (χ0) is 20.1. The summed E-state index contributed by atoms with van der Waals surface area (Å²) in [6.07, 6.45) is 1.54. The van der Waals surface area contributed by atoms with Crippen LogP contribution >= 0.6 is 0 Å². The number of hydrogen-bond donors (Lipinski definition) is 3. The molecule has 1 aliphatic heterocycles. The summed E-state index contributed by atoms with van der Waals surface area (Å²) < 4.78 is 5.34. The number of carbonyl (C=O) groups excluding carboxylic acids is 2. The predicted octanol–water partition coefficient (Wildman–Crippen LogP) is 1.58. The summed E-state index contributed by atoms with van der Waals surface area (Å²) in [6.45, 7) is 12.0. The van der Waals surface area contributed by atoms with E-state index in [0.29, 0.717) is 18.7 Å². The third kappa shape index (κ3) is 7.03. The Morgan fingerprint density at radius 3 is 2.38 bits per heavy atom. The van der Waals surface area contributed by atoms with Crippen LogP contribution in [-0.2, 0) is 14.3 Å². The lowest BCUT2D eigenvalue weighted by Gasteiger charge is -2.28. The summed E-state index contributed by atoms with van der Waals surface area (Å²) >= 11 is 0. The van der Waals surface area contributed by atoms with E-state index in [0.717, 1.165) is 6.42 Å². The van der Waals surface area contributed by atoms with Crippen molar-refractivity contribution in [3.63, 3.8) is 0 Å². The van der Waals surface area contributed by atoms with Gasteiger partial charge in [0.15, 0.2) is 0 Å². The van der Waals surface area contributed by atoms with Crippen molar-refractivity contribution < 1.29 is 19.4 Å². The second-order valence-corrected chi connectivity index (χ2v) is 9.00. The fourth-order valence-corrected chi connectivity index (χ4v) is 3.06. The Balaban J connectivity index is 2.60. The first-order valence-corrected chi connectivity index (χ1v) is 9.28. The monoisotopic (exact) mass is 369 g/mol. The molecule has 1 fully saturated rings. The molecule has 0 aromatic rings. The summed E-state index contributed by atoms with van der Waals surface area (Å²) in [5, 5.41) is 20.6. The molecule has 7 heteroatoms. The highest BCUT2D eigenvalue weighted by molar-refractivity contribution is 5.90. The first-order chi connectivity index (χ1) is 11.8. The fourth-order valence-electron chi connectivity index (χ4n) is 3.06. The van der Waals surface area contributed by atoms with E-state index in [2.05, 4.69) is 5.32 Å². The summed E-state index contributed by atoms with van der Waals surface area (Å²) in [5.74, 6) is -0.897. The molecule has 150 valence electrons. The topological polar surface area (TPSA) is 103 Å². The maximum atomic E-state index is 12.6. The van der Waals surface area contributed by atoms with Gasteiger partial charge in [0, 0.05) is 18.2 Å². The van der Waals surface area contributed by atoms with Crippen LogP contribution in [0, 0.1) is 16.7 Å². The van der Waals surface area contributed by atoms with Crippen LogP contribution in [0.15, 0.2) is 0 Å². The van der Waals surface area contributed by atoms with Crippen molar-refractivity contribution in [1.82, 2.24) is 10.2 Å². The number of rotatable bonds is 7. The van der Waals surface area contributed by atoms with Crippen LogP contribution in [0.5, 0.6) is 0 Å². The number of nitrogens with one attached hydrogen (secondary N) is 2. The van der Waals surface area contributed by atoms with Crippen molar-refractivity contribution in [2.24, 2.45) is 11.3 Å². The number of hydrogen-bond acceptors (Lipinski definition) is 6. The molecular weight excluding hydrogens is 334 g/mol. The van der Waals surface area contributed by atoms with Crippen molar-refractivity contribution >= 4 is 17.6 Å². The van der Waals surface area contributed by atoms with Gasteiger partial charge in [0.1, 0.15) is 5.60 Å². The SMILES string of the molecule is CC(C)(C)OC(=O)CN1CCC[C@H]1C(=O)NCC(CO)C(=N)C(C)(C)C. The molecule has 0 bridgehead atoms. The largest absolute Gasteiger partial charge is 0.459 e. The molecule has 0 aromatic heterocycles. The van der Waals surface area contributed by atoms with Gasteiger partial charge < -0.3 is 20.6 Å². The maximum Gasteiger partial charge on any atom is 0.320 e. The molecule has 0 aliphatic carbocycles. The quantitative estimate of drug-likeness (QED) is 0.467. The maximum absolute atomic E-state index is 12.6. The van der Waals surface area contributed by atoms with Gasteiger partial charge in [-0.2, -0.15) is 0 Å². The van der Waals surface area contributed by atoms with Crippen molar-refractivity contribution in [2.75, 3.05) is 26.2 Å². The Bertz CT molecular complexity index is 520. The highest BCUT2D eigenvalue weighted by Gasteiger charge is 2.34. The Hall–Kier alpha value is -1.47. The van der Waals surface area contributed by atoms with Crippen molar-refractivity contribution in [2.45, 2.75) is 66.0 Å². The molecule has 0 spiro atoms. The average Bonchev–Trinajstić information content (AvgIpc) is 2.92. The van der Waals surface area contributed by atoms with E-state index in [-0.39, 0.29) is 43.0 Å². The van der Waals surface area contributed by atoms with E-state index >= 15 is 0 Å². The summed E-state index contributed by atoms with van der Waals surface area (Å²) in [4.78, 5) is 26.4. The molecular formula is C19H35N3O4. The highest BCUT2D eigenvalue weighted by atomic mass is 16.6. The molecule has 0 radical (unpaired) electrons. The zero-order valence-electron chi connectivity index (χ0n) is 17.0. The van der Waals surface area contributed by atoms with Gasteiger partial charge in [-0.05, 0) is 45.6 Å². The Kier molecular flexibility index (Phi) is 7.77. The van der Waals surface area contributed by atoms with Gasteiger partial charge in [0.05, 0.1) is 19.2 Å². The predicted molar refractivity (Wildman–Crippen MR) is 101 cm³/mol. The third-order valence-corrected chi connectivity index (χ3v) is 4.38. The Labute approximate surface area is 157 Å². The van der Waals surface area contributed by atoms with Gasteiger partial charge in [-0.1, -0.05) is 20.8 Å². The second kappa shape index (κ2) is 8.95. The summed E-state index contributed by atoms with van der Waals surface area (Å²) in [7, 11) is 0. The number of amides is 1. The first kappa shape index (κ1) is 22.6. The Morgan fingerprint density at radius 1 is 1.27 bits per heavy atom. The molecule has 1 rings (SSSR count). The van der Waals surface area contributed by atoms with Gasteiger partial charge in [0.25, 0.3) is 0 Å². The van der Waals surface area contributed by atoms with Crippen molar-refractivity contribution in [3.8, 4) is 0 Å². The molecule has 1 heterocycles. The van der Waals surface area contributed by atoms with Crippen LogP contribution in [0.4, 0.5) is 0 Å². The van der Waals surface area contributed by atoms with Gasteiger partial charge in [-0.15, -0.1) is 0 Å². The number of ether oxygens (including phenoxy) is 1. The van der Waals surface area contributed by atoms with Crippen LogP contribution in [-0.4, -0.2) is 65.5 Å². The number of likely N-dealkylation sites (tertiary alicyclic amines) is 1. The summed E-state index contributed by atoms with van der Waals surface area (Å²) in [5.41, 5.74) is -0.484. The van der Waals surface area contributed by atoms with Crippen LogP contribution in [0.1, 0.15) is 54.4 Å². The van der Waals surface area contributed by atoms with E-state index in [1.54, 1.807) is 0 Å². The lowest BCUT2D eigenvalue weighted by Crippen LogP contribution is -2.48. The van der Waals surface area contributed by atoms with Gasteiger partial charge in [-0.25, -0.2) is 0 Å². The number of nitrogens with zero attached hydrogens (tertiary/aromatic N) is 1. The van der Waals surface area contributed by atoms with Gasteiger partial charge >= 0.3 is 5.97 Å². The second-order valence-electron chi connectivity index (χ2n) is 9.00. The molecule has 1 amide bonds. The molecule has 0 saturated carbocycles. The van der Waals surface area contributed by atoms with Crippen LogP contribution < -0.4 is 5.32 Å². The molecule has 1 unspecified atom stereocenters. The van der Waals surface area contributed by atoms with Crippen molar-refractivity contribution in [1.29, 1.82) is 5.41 Å². The van der Waals surface area contributed by atoms with Crippen LogP contribution in [0.2, 0.25) is 0 Å². The van der Waals surface area contributed by atoms with E-state index in [4.69, 9.17) is 10.1 Å². The third-order valence-electron chi connectivity index (χ3n) is 4.38. The molecule has 7 nitrogen and oxygen atoms in total. The molecule has 0 aromatic carbocycles. The highest BCUT2D eigenvalue weighted by Crippen LogP contribution is 2.21. The molecule has 3 N–H and O–H groups in total. The Morgan fingerprint density at radius 2 is 1.88 bits per heavy atom. The lowest BCUT2D eigenvalue weighted by molar-refractivity contribution is -0.156. The minimum Gasteiger partial charge on any atom is -0.459 e. The van der Waals surface area contributed by atoms with Crippen molar-refractivity contribution in [3.05, 3.63) is 0 Å². The molecule has 26 heavy (non-hydrogen) atoms. The number of aliphatic hydroxyl groups excluding tert-OH is 1. The minimum atomic E-state index is -0.545. The van der Waals surface area contributed by atoms with Crippen LogP contribution in [0.25, 0.3) is 0 Å². The number of carbonyl (C=O) groups is 2.